The van der Waals surface area contributed by atoms with Crippen molar-refractivity contribution in [2.45, 2.75) is 32.7 Å². The van der Waals surface area contributed by atoms with Crippen LogP contribution < -0.4 is 19.7 Å². The van der Waals surface area contributed by atoms with E-state index in [4.69, 9.17) is 9.47 Å². The van der Waals surface area contributed by atoms with Crippen molar-refractivity contribution in [1.82, 2.24) is 9.97 Å². The lowest BCUT2D eigenvalue weighted by atomic mass is 10.0. The number of anilines is 2. The molecule has 0 saturated carbocycles. The SMILES string of the molecule is COc1cc(NC2CCCN(c3cc(C)nc(C)n3)C2)cc(OC)c1. The van der Waals surface area contributed by atoms with Gasteiger partial charge in [0.2, 0.25) is 0 Å². The maximum atomic E-state index is 5.36. The summed E-state index contributed by atoms with van der Waals surface area (Å²) in [6.45, 7) is 5.89. The molecule has 2 heterocycles. The molecular weight excluding hydrogens is 316 g/mol. The normalized spacial score (nSPS) is 17.3. The van der Waals surface area contributed by atoms with Gasteiger partial charge in [0.05, 0.1) is 14.2 Å². The van der Waals surface area contributed by atoms with Crippen molar-refractivity contribution in [2.75, 3.05) is 37.5 Å². The quantitative estimate of drug-likeness (QED) is 0.900. The summed E-state index contributed by atoms with van der Waals surface area (Å²) in [6.07, 6.45) is 2.25. The van der Waals surface area contributed by atoms with E-state index in [2.05, 4.69) is 26.3 Å². The summed E-state index contributed by atoms with van der Waals surface area (Å²) < 4.78 is 10.7. The summed E-state index contributed by atoms with van der Waals surface area (Å²) in [5, 5.41) is 3.61. The molecule has 134 valence electrons. The number of rotatable bonds is 5. The zero-order valence-electron chi connectivity index (χ0n) is 15.4. The van der Waals surface area contributed by atoms with Crippen molar-refractivity contribution >= 4 is 11.5 Å². The van der Waals surface area contributed by atoms with Gasteiger partial charge in [0, 0.05) is 54.8 Å². The molecule has 0 radical (unpaired) electrons. The second-order valence-corrected chi connectivity index (χ2v) is 6.45. The maximum Gasteiger partial charge on any atom is 0.132 e. The highest BCUT2D eigenvalue weighted by Gasteiger charge is 2.21. The molecule has 1 aliphatic heterocycles. The number of methoxy groups -OCH3 is 2. The molecule has 2 aromatic rings. The number of hydrogen-bond donors (Lipinski definition) is 1. The summed E-state index contributed by atoms with van der Waals surface area (Å²) in [4.78, 5) is 11.3. The monoisotopic (exact) mass is 342 g/mol. The van der Waals surface area contributed by atoms with Gasteiger partial charge in [0.1, 0.15) is 23.1 Å². The maximum absolute atomic E-state index is 5.36. The molecule has 0 amide bonds. The van der Waals surface area contributed by atoms with Gasteiger partial charge in [-0.3, -0.25) is 0 Å². The van der Waals surface area contributed by atoms with Crippen LogP contribution in [0.5, 0.6) is 11.5 Å². The fourth-order valence-electron chi connectivity index (χ4n) is 3.29. The Morgan fingerprint density at radius 2 is 1.76 bits per heavy atom. The van der Waals surface area contributed by atoms with E-state index in [0.29, 0.717) is 6.04 Å². The van der Waals surface area contributed by atoms with Crippen LogP contribution in [0.3, 0.4) is 0 Å². The molecule has 25 heavy (non-hydrogen) atoms. The van der Waals surface area contributed by atoms with Gasteiger partial charge < -0.3 is 19.7 Å². The van der Waals surface area contributed by atoms with Gasteiger partial charge in [-0.25, -0.2) is 9.97 Å². The molecule has 6 nitrogen and oxygen atoms in total. The van der Waals surface area contributed by atoms with Crippen molar-refractivity contribution in [3.8, 4) is 11.5 Å². The van der Waals surface area contributed by atoms with Crippen molar-refractivity contribution in [1.29, 1.82) is 0 Å². The Morgan fingerprint density at radius 3 is 2.40 bits per heavy atom. The molecule has 3 rings (SSSR count). The van der Waals surface area contributed by atoms with Crippen LogP contribution in [-0.2, 0) is 0 Å². The predicted molar refractivity (Wildman–Crippen MR) is 99.9 cm³/mol. The van der Waals surface area contributed by atoms with Crippen LogP contribution in [0.4, 0.5) is 11.5 Å². The second-order valence-electron chi connectivity index (χ2n) is 6.45. The summed E-state index contributed by atoms with van der Waals surface area (Å²) in [5.41, 5.74) is 2.02. The Kier molecular flexibility index (Phi) is 5.26. The Labute approximate surface area is 149 Å². The third-order valence-corrected chi connectivity index (χ3v) is 4.42. The molecule has 0 aliphatic carbocycles. The smallest absolute Gasteiger partial charge is 0.132 e. The first-order chi connectivity index (χ1) is 12.1. The average molecular weight is 342 g/mol. The minimum atomic E-state index is 0.348. The molecule has 1 fully saturated rings. The highest BCUT2D eigenvalue weighted by Crippen LogP contribution is 2.28. The number of ether oxygens (including phenoxy) is 2. The van der Waals surface area contributed by atoms with Crippen LogP contribution in [0.15, 0.2) is 24.3 Å². The number of hydrogen-bond acceptors (Lipinski definition) is 6. The fraction of sp³-hybridized carbons (Fsp3) is 0.474. The highest BCUT2D eigenvalue weighted by atomic mass is 16.5. The number of benzene rings is 1. The Bertz CT molecular complexity index is 693. The van der Waals surface area contributed by atoms with E-state index in [9.17, 15) is 0 Å². The van der Waals surface area contributed by atoms with Gasteiger partial charge >= 0.3 is 0 Å². The number of piperidine rings is 1. The lowest BCUT2D eigenvalue weighted by Crippen LogP contribution is -2.42. The van der Waals surface area contributed by atoms with E-state index in [-0.39, 0.29) is 0 Å². The fourth-order valence-corrected chi connectivity index (χ4v) is 3.29. The van der Waals surface area contributed by atoms with E-state index in [1.54, 1.807) is 14.2 Å². The van der Waals surface area contributed by atoms with E-state index in [1.807, 2.05) is 32.0 Å². The Hall–Kier alpha value is -2.50. The molecule has 0 bridgehead atoms. The summed E-state index contributed by atoms with van der Waals surface area (Å²) in [7, 11) is 3.33. The molecule has 6 heteroatoms. The van der Waals surface area contributed by atoms with Gasteiger partial charge in [-0.15, -0.1) is 0 Å². The van der Waals surface area contributed by atoms with Crippen molar-refractivity contribution < 1.29 is 9.47 Å². The van der Waals surface area contributed by atoms with Crippen molar-refractivity contribution in [3.63, 3.8) is 0 Å². The molecule has 0 spiro atoms. The molecule has 1 aliphatic rings. The first kappa shape index (κ1) is 17.3. The predicted octanol–water partition coefficient (Wildman–Crippen LogP) is 3.19. The molecule has 1 saturated heterocycles. The molecule has 1 aromatic carbocycles. The van der Waals surface area contributed by atoms with Crippen LogP contribution in [0.2, 0.25) is 0 Å². The summed E-state index contributed by atoms with van der Waals surface area (Å²) in [5.74, 6) is 3.41. The minimum Gasteiger partial charge on any atom is -0.497 e. The standard InChI is InChI=1S/C19H26N4O2/c1-13-8-19(21-14(2)20-13)23-7-5-6-15(12-23)22-16-9-17(24-3)11-18(10-16)25-4/h8-11,15,22H,5-7,12H2,1-4H3. The number of aromatic nitrogens is 2. The lowest BCUT2D eigenvalue weighted by Gasteiger charge is -2.34. The van der Waals surface area contributed by atoms with Gasteiger partial charge in [0.15, 0.2) is 0 Å². The van der Waals surface area contributed by atoms with Crippen molar-refractivity contribution in [2.24, 2.45) is 0 Å². The van der Waals surface area contributed by atoms with Crippen LogP contribution >= 0.6 is 0 Å². The largest absolute Gasteiger partial charge is 0.497 e. The van der Waals surface area contributed by atoms with Crippen LogP contribution in [0, 0.1) is 13.8 Å². The van der Waals surface area contributed by atoms with Crippen molar-refractivity contribution in [3.05, 3.63) is 35.8 Å². The molecule has 1 unspecified atom stereocenters. The number of nitrogens with one attached hydrogen (secondary N) is 1. The average Bonchev–Trinajstić information content (AvgIpc) is 2.60. The second kappa shape index (κ2) is 7.59. The lowest BCUT2D eigenvalue weighted by molar-refractivity contribution is 0.394. The summed E-state index contributed by atoms with van der Waals surface area (Å²) >= 11 is 0. The summed E-state index contributed by atoms with van der Waals surface area (Å²) in [6, 6.07) is 8.29. The number of aryl methyl sites for hydroxylation is 2. The van der Waals surface area contributed by atoms with E-state index in [0.717, 1.165) is 60.5 Å². The Morgan fingerprint density at radius 1 is 1.04 bits per heavy atom. The Balaban J connectivity index is 1.73. The van der Waals surface area contributed by atoms with Gasteiger partial charge in [0.25, 0.3) is 0 Å². The van der Waals surface area contributed by atoms with E-state index in [1.165, 1.54) is 0 Å². The molecule has 1 atom stereocenters. The number of nitrogens with zero attached hydrogens (tertiary/aromatic N) is 3. The molecule has 1 N–H and O–H groups in total. The van der Waals surface area contributed by atoms with E-state index < -0.39 is 0 Å². The van der Waals surface area contributed by atoms with Crippen LogP contribution in [0.1, 0.15) is 24.4 Å². The topological polar surface area (TPSA) is 59.5 Å². The van der Waals surface area contributed by atoms with E-state index >= 15 is 0 Å². The third-order valence-electron chi connectivity index (χ3n) is 4.42. The first-order valence-corrected chi connectivity index (χ1v) is 8.64. The minimum absolute atomic E-state index is 0.348. The molecular formula is C19H26N4O2. The van der Waals surface area contributed by atoms with Gasteiger partial charge in [-0.1, -0.05) is 0 Å². The third kappa shape index (κ3) is 4.32. The first-order valence-electron chi connectivity index (χ1n) is 8.64. The van der Waals surface area contributed by atoms with Crippen LogP contribution in [0.25, 0.3) is 0 Å². The highest BCUT2D eigenvalue weighted by molar-refractivity contribution is 5.55. The molecule has 1 aromatic heterocycles. The van der Waals surface area contributed by atoms with Gasteiger partial charge in [-0.2, -0.15) is 0 Å². The van der Waals surface area contributed by atoms with Crippen LogP contribution in [-0.4, -0.2) is 43.3 Å². The zero-order chi connectivity index (χ0) is 17.8. The zero-order valence-corrected chi connectivity index (χ0v) is 15.4. The van der Waals surface area contributed by atoms with Gasteiger partial charge in [-0.05, 0) is 26.7 Å².